The van der Waals surface area contributed by atoms with E-state index in [0.29, 0.717) is 11.8 Å². The number of pyridine rings is 1. The normalized spacial score (nSPS) is 19.8. The lowest BCUT2D eigenvalue weighted by Crippen LogP contribution is -2.18. The quantitative estimate of drug-likeness (QED) is 0.547. The van der Waals surface area contributed by atoms with Gasteiger partial charge in [0.1, 0.15) is 0 Å². The molecular formula is C27H32N2O. The van der Waals surface area contributed by atoms with E-state index in [9.17, 15) is 5.11 Å². The van der Waals surface area contributed by atoms with Crippen LogP contribution in [-0.2, 0) is 6.42 Å². The van der Waals surface area contributed by atoms with Crippen molar-refractivity contribution in [1.82, 2.24) is 9.38 Å². The summed E-state index contributed by atoms with van der Waals surface area (Å²) in [5.74, 6) is 1.10. The van der Waals surface area contributed by atoms with Gasteiger partial charge in [0.2, 0.25) is 0 Å². The molecule has 2 fully saturated rings. The van der Waals surface area contributed by atoms with Crippen molar-refractivity contribution in [2.75, 3.05) is 0 Å². The molecule has 6 rings (SSSR count). The van der Waals surface area contributed by atoms with Crippen molar-refractivity contribution in [3.05, 3.63) is 77.4 Å². The van der Waals surface area contributed by atoms with Crippen molar-refractivity contribution in [2.45, 2.75) is 69.8 Å². The molecule has 0 spiro atoms. The molecule has 2 saturated carbocycles. The number of benzene rings is 1. The van der Waals surface area contributed by atoms with Crippen LogP contribution in [0.1, 0.15) is 85.6 Å². The summed E-state index contributed by atoms with van der Waals surface area (Å²) < 4.78 is 2.05. The van der Waals surface area contributed by atoms with Crippen molar-refractivity contribution < 1.29 is 5.11 Å². The Labute approximate surface area is 179 Å². The van der Waals surface area contributed by atoms with E-state index in [1.165, 1.54) is 80.0 Å². The average molecular weight is 401 g/mol. The molecule has 3 aromatic rings. The predicted molar refractivity (Wildman–Crippen MR) is 122 cm³/mol. The minimum absolute atomic E-state index is 0.314. The van der Waals surface area contributed by atoms with E-state index in [0.717, 1.165) is 5.52 Å². The van der Waals surface area contributed by atoms with E-state index in [2.05, 4.69) is 53.7 Å². The standard InChI is InChI=1S/C17H22N2O.C10H10/c20-17(13-4-2-1-3-5-13)16-14(12-6-7-12)8-9-19-11-18-10-15(16)19;1-2-6-10-8-4-3-7-9(10)5-1/h8-13,17,20H,1-7H2;1-3,5-7H,4,8H2. The van der Waals surface area contributed by atoms with Crippen LogP contribution in [0.4, 0.5) is 0 Å². The van der Waals surface area contributed by atoms with Gasteiger partial charge in [-0.05, 0) is 73.1 Å². The zero-order chi connectivity index (χ0) is 20.3. The molecule has 1 N–H and O–H groups in total. The summed E-state index contributed by atoms with van der Waals surface area (Å²) in [6.07, 6.45) is 21.1. The van der Waals surface area contributed by atoms with Crippen LogP contribution in [0.25, 0.3) is 11.6 Å². The summed E-state index contributed by atoms with van der Waals surface area (Å²) in [5.41, 5.74) is 6.53. The predicted octanol–water partition coefficient (Wildman–Crippen LogP) is 6.47. The smallest absolute Gasteiger partial charge is 0.0992 e. The first kappa shape index (κ1) is 19.6. The molecule has 1 unspecified atom stereocenters. The Morgan fingerprint density at radius 1 is 1.00 bits per heavy atom. The summed E-state index contributed by atoms with van der Waals surface area (Å²) in [4.78, 5) is 4.26. The molecule has 0 saturated heterocycles. The van der Waals surface area contributed by atoms with Gasteiger partial charge in [0, 0.05) is 11.8 Å². The molecule has 3 aliphatic carbocycles. The summed E-state index contributed by atoms with van der Waals surface area (Å²) in [6, 6.07) is 10.8. The number of aliphatic hydroxyl groups is 1. The molecule has 3 nitrogen and oxygen atoms in total. The molecule has 0 aliphatic heterocycles. The van der Waals surface area contributed by atoms with E-state index in [1.807, 2.05) is 16.9 Å². The largest absolute Gasteiger partial charge is 0.388 e. The number of imidazole rings is 1. The van der Waals surface area contributed by atoms with Gasteiger partial charge in [0.25, 0.3) is 0 Å². The Balaban J connectivity index is 0.000000161. The van der Waals surface area contributed by atoms with Gasteiger partial charge < -0.3 is 9.51 Å². The Morgan fingerprint density at radius 3 is 2.63 bits per heavy atom. The lowest BCUT2D eigenvalue weighted by atomic mass is 9.81. The molecule has 30 heavy (non-hydrogen) atoms. The van der Waals surface area contributed by atoms with Gasteiger partial charge >= 0.3 is 0 Å². The second kappa shape index (κ2) is 8.77. The first-order chi connectivity index (χ1) is 14.8. The van der Waals surface area contributed by atoms with E-state index in [1.54, 1.807) is 0 Å². The highest BCUT2D eigenvalue weighted by Gasteiger charge is 2.32. The molecule has 0 radical (unpaired) electrons. The second-order valence-corrected chi connectivity index (χ2v) is 9.13. The van der Waals surface area contributed by atoms with Crippen LogP contribution < -0.4 is 0 Å². The third-order valence-electron chi connectivity index (χ3n) is 7.01. The molecule has 2 aromatic heterocycles. The third-order valence-corrected chi connectivity index (χ3v) is 7.01. The highest BCUT2D eigenvalue weighted by molar-refractivity contribution is 5.59. The Hall–Kier alpha value is -2.39. The van der Waals surface area contributed by atoms with Crippen LogP contribution in [0.15, 0.2) is 55.1 Å². The van der Waals surface area contributed by atoms with Gasteiger partial charge in [-0.15, -0.1) is 0 Å². The minimum atomic E-state index is -0.314. The van der Waals surface area contributed by atoms with Gasteiger partial charge in [-0.2, -0.15) is 0 Å². The number of nitrogens with zero attached hydrogens (tertiary/aromatic N) is 2. The lowest BCUT2D eigenvalue weighted by Gasteiger charge is -2.28. The fourth-order valence-electron chi connectivity index (χ4n) is 5.16. The second-order valence-electron chi connectivity index (χ2n) is 9.13. The minimum Gasteiger partial charge on any atom is -0.388 e. The first-order valence-electron chi connectivity index (χ1n) is 11.7. The fraction of sp³-hybridized carbons (Fsp3) is 0.444. The maximum absolute atomic E-state index is 11.0. The molecule has 3 aliphatic rings. The number of hydrogen-bond donors (Lipinski definition) is 1. The number of aliphatic hydroxyl groups excluding tert-OH is 1. The van der Waals surface area contributed by atoms with Gasteiger partial charge in [-0.25, -0.2) is 4.98 Å². The molecule has 0 bridgehead atoms. The van der Waals surface area contributed by atoms with Gasteiger partial charge in [0.15, 0.2) is 0 Å². The monoisotopic (exact) mass is 400 g/mol. The number of hydrogen-bond acceptors (Lipinski definition) is 2. The van der Waals surface area contributed by atoms with E-state index in [-0.39, 0.29) is 6.10 Å². The van der Waals surface area contributed by atoms with E-state index < -0.39 is 0 Å². The summed E-state index contributed by atoms with van der Waals surface area (Å²) in [5, 5.41) is 11.0. The van der Waals surface area contributed by atoms with Crippen LogP contribution >= 0.6 is 0 Å². The first-order valence-corrected chi connectivity index (χ1v) is 11.7. The molecule has 3 heteroatoms. The van der Waals surface area contributed by atoms with Crippen molar-refractivity contribution in [3.8, 4) is 0 Å². The van der Waals surface area contributed by atoms with E-state index in [4.69, 9.17) is 0 Å². The Bertz CT molecular complexity index is 1020. The average Bonchev–Trinajstić information content (AvgIpc) is 3.55. The molecular weight excluding hydrogens is 368 g/mol. The van der Waals surface area contributed by atoms with E-state index >= 15 is 0 Å². The molecule has 156 valence electrons. The zero-order valence-corrected chi connectivity index (χ0v) is 17.7. The zero-order valence-electron chi connectivity index (χ0n) is 17.7. The Kier molecular flexibility index (Phi) is 5.72. The van der Waals surface area contributed by atoms with Crippen molar-refractivity contribution in [1.29, 1.82) is 0 Å². The van der Waals surface area contributed by atoms with Crippen LogP contribution in [-0.4, -0.2) is 14.5 Å². The van der Waals surface area contributed by atoms with Crippen LogP contribution in [0, 0.1) is 5.92 Å². The lowest BCUT2D eigenvalue weighted by molar-refractivity contribution is 0.0850. The van der Waals surface area contributed by atoms with Gasteiger partial charge in [0.05, 0.1) is 24.1 Å². The Morgan fingerprint density at radius 2 is 1.83 bits per heavy atom. The maximum atomic E-state index is 11.0. The van der Waals surface area contributed by atoms with Gasteiger partial charge in [-0.1, -0.05) is 55.7 Å². The molecule has 1 aromatic carbocycles. The number of fused-ring (bicyclic) bond motifs is 2. The number of aromatic nitrogens is 2. The molecule has 0 amide bonds. The van der Waals surface area contributed by atoms with Crippen LogP contribution in [0.5, 0.6) is 0 Å². The van der Waals surface area contributed by atoms with Crippen molar-refractivity contribution >= 4 is 11.6 Å². The highest BCUT2D eigenvalue weighted by Crippen LogP contribution is 2.46. The number of allylic oxidation sites excluding steroid dienone is 1. The summed E-state index contributed by atoms with van der Waals surface area (Å²) in [7, 11) is 0. The van der Waals surface area contributed by atoms with Crippen LogP contribution in [0.2, 0.25) is 0 Å². The summed E-state index contributed by atoms with van der Waals surface area (Å²) in [6.45, 7) is 0. The molecule has 2 heterocycles. The van der Waals surface area contributed by atoms with Crippen LogP contribution in [0.3, 0.4) is 0 Å². The van der Waals surface area contributed by atoms with Gasteiger partial charge in [-0.3, -0.25) is 0 Å². The summed E-state index contributed by atoms with van der Waals surface area (Å²) >= 11 is 0. The number of rotatable bonds is 3. The van der Waals surface area contributed by atoms with Crippen molar-refractivity contribution in [3.63, 3.8) is 0 Å². The third kappa shape index (κ3) is 4.09. The fourth-order valence-corrected chi connectivity index (χ4v) is 5.16. The SMILES string of the molecule is C1=Cc2ccccc2CC1.OC(c1c(C2CC2)ccn2cncc12)C1CCCCC1. The highest BCUT2D eigenvalue weighted by atomic mass is 16.3. The van der Waals surface area contributed by atoms with Crippen molar-refractivity contribution in [2.24, 2.45) is 5.92 Å². The molecule has 1 atom stereocenters. The topological polar surface area (TPSA) is 37.5 Å². The maximum Gasteiger partial charge on any atom is 0.0992 e. The number of aryl methyl sites for hydroxylation is 1.